The van der Waals surface area contributed by atoms with Crippen LogP contribution >= 0.6 is 15.9 Å². The Bertz CT molecular complexity index is 1070. The van der Waals surface area contributed by atoms with E-state index < -0.39 is 11.7 Å². The molecule has 1 N–H and O–H groups in total. The Morgan fingerprint density at radius 1 is 1.13 bits per heavy atom. The first-order valence-electron chi connectivity index (χ1n) is 8.80. The van der Waals surface area contributed by atoms with Gasteiger partial charge in [-0.05, 0) is 63.5 Å². The number of rotatable bonds is 7. The van der Waals surface area contributed by atoms with Crippen LogP contribution in [0.5, 0.6) is 11.5 Å². The van der Waals surface area contributed by atoms with Crippen molar-refractivity contribution in [1.82, 2.24) is 5.43 Å². The lowest BCUT2D eigenvalue weighted by molar-refractivity contribution is 0.0951. The second-order valence-corrected chi connectivity index (χ2v) is 6.98. The molecule has 0 saturated heterocycles. The number of halogens is 3. The highest BCUT2D eigenvalue weighted by Gasteiger charge is 2.12. The molecule has 0 aliphatic carbocycles. The Kier molecular flexibility index (Phi) is 7.13. The van der Waals surface area contributed by atoms with Crippen molar-refractivity contribution in [1.29, 1.82) is 0 Å². The summed E-state index contributed by atoms with van der Waals surface area (Å²) in [5.74, 6) is -0.696. The van der Waals surface area contributed by atoms with Gasteiger partial charge in [0, 0.05) is 0 Å². The van der Waals surface area contributed by atoms with Crippen molar-refractivity contribution < 1.29 is 23.0 Å². The molecule has 0 atom stereocenters. The van der Waals surface area contributed by atoms with E-state index in [1.54, 1.807) is 30.3 Å². The molecule has 3 rings (SSSR count). The van der Waals surface area contributed by atoms with E-state index in [-0.39, 0.29) is 18.0 Å². The zero-order valence-corrected chi connectivity index (χ0v) is 17.4. The summed E-state index contributed by atoms with van der Waals surface area (Å²) in [6.45, 7) is 0.224. The number of ether oxygens (including phenoxy) is 2. The van der Waals surface area contributed by atoms with Gasteiger partial charge in [0.1, 0.15) is 18.2 Å². The minimum atomic E-state index is -0.658. The lowest BCUT2D eigenvalue weighted by Crippen LogP contribution is -2.18. The minimum absolute atomic E-state index is 0.0991. The summed E-state index contributed by atoms with van der Waals surface area (Å²) in [5.41, 5.74) is 3.60. The second kappa shape index (κ2) is 9.98. The largest absolute Gasteiger partial charge is 0.493 e. The summed E-state index contributed by atoms with van der Waals surface area (Å²) >= 11 is 3.43. The van der Waals surface area contributed by atoms with Crippen LogP contribution in [0.1, 0.15) is 21.5 Å². The molecule has 154 valence electrons. The lowest BCUT2D eigenvalue weighted by Gasteiger charge is -2.13. The molecular weight excluding hydrogens is 458 g/mol. The number of benzene rings is 3. The number of hydrogen-bond donors (Lipinski definition) is 1. The Balaban J connectivity index is 1.70. The molecule has 0 aromatic heterocycles. The smallest absolute Gasteiger partial charge is 0.274 e. The van der Waals surface area contributed by atoms with Gasteiger partial charge in [0.2, 0.25) is 0 Å². The predicted molar refractivity (Wildman–Crippen MR) is 113 cm³/mol. The molecule has 0 heterocycles. The van der Waals surface area contributed by atoms with E-state index in [9.17, 15) is 13.6 Å². The van der Waals surface area contributed by atoms with Gasteiger partial charge in [-0.2, -0.15) is 5.10 Å². The van der Waals surface area contributed by atoms with Gasteiger partial charge in [-0.25, -0.2) is 14.2 Å². The van der Waals surface area contributed by atoms with Crippen molar-refractivity contribution in [3.05, 3.63) is 93.5 Å². The van der Waals surface area contributed by atoms with Crippen molar-refractivity contribution in [2.24, 2.45) is 5.10 Å². The van der Waals surface area contributed by atoms with E-state index in [4.69, 9.17) is 9.47 Å². The predicted octanol–water partition coefficient (Wildman–Crippen LogP) is 5.08. The van der Waals surface area contributed by atoms with Crippen LogP contribution in [0.2, 0.25) is 0 Å². The molecule has 0 radical (unpaired) electrons. The van der Waals surface area contributed by atoms with E-state index in [1.165, 1.54) is 43.7 Å². The minimum Gasteiger partial charge on any atom is -0.493 e. The fourth-order valence-electron chi connectivity index (χ4n) is 2.56. The second-order valence-electron chi connectivity index (χ2n) is 6.13. The average Bonchev–Trinajstić information content (AvgIpc) is 2.74. The molecule has 0 spiro atoms. The topological polar surface area (TPSA) is 59.9 Å². The lowest BCUT2D eigenvalue weighted by atomic mass is 10.2. The van der Waals surface area contributed by atoms with E-state index in [0.29, 0.717) is 21.5 Å². The van der Waals surface area contributed by atoms with Crippen LogP contribution in [-0.2, 0) is 6.61 Å². The summed E-state index contributed by atoms with van der Waals surface area (Å²) in [6, 6.07) is 15.0. The van der Waals surface area contributed by atoms with Gasteiger partial charge in [0.05, 0.1) is 23.4 Å². The first kappa shape index (κ1) is 21.4. The van der Waals surface area contributed by atoms with Crippen LogP contribution in [0.3, 0.4) is 0 Å². The van der Waals surface area contributed by atoms with Gasteiger partial charge in [-0.1, -0.05) is 24.3 Å². The highest BCUT2D eigenvalue weighted by molar-refractivity contribution is 9.10. The first-order chi connectivity index (χ1) is 14.5. The number of nitrogens with zero attached hydrogens (tertiary/aromatic N) is 1. The van der Waals surface area contributed by atoms with Crippen molar-refractivity contribution in [3.63, 3.8) is 0 Å². The zero-order valence-electron chi connectivity index (χ0n) is 15.9. The van der Waals surface area contributed by atoms with Crippen LogP contribution in [-0.4, -0.2) is 19.2 Å². The molecule has 0 fully saturated rings. The van der Waals surface area contributed by atoms with Crippen LogP contribution in [0.15, 0.2) is 70.2 Å². The van der Waals surface area contributed by atoms with Crippen molar-refractivity contribution in [2.45, 2.75) is 6.61 Å². The molecule has 1 amide bonds. The third kappa shape index (κ3) is 5.42. The number of carbonyl (C=O) groups excluding carboxylic acids is 1. The maximum Gasteiger partial charge on any atom is 0.274 e. The van der Waals surface area contributed by atoms with Crippen LogP contribution < -0.4 is 14.9 Å². The fourth-order valence-corrected chi connectivity index (χ4v) is 3.14. The molecule has 0 unspecified atom stereocenters. The maximum absolute atomic E-state index is 13.6. The van der Waals surface area contributed by atoms with Gasteiger partial charge < -0.3 is 9.47 Å². The number of hydrazone groups is 1. The number of carbonyl (C=O) groups is 1. The molecule has 30 heavy (non-hydrogen) atoms. The Labute approximate surface area is 180 Å². The highest BCUT2D eigenvalue weighted by Crippen LogP contribution is 2.36. The summed E-state index contributed by atoms with van der Waals surface area (Å²) in [6.07, 6.45) is 1.40. The van der Waals surface area contributed by atoms with Crippen molar-refractivity contribution >= 4 is 28.1 Å². The summed E-state index contributed by atoms with van der Waals surface area (Å²) < 4.78 is 38.4. The van der Waals surface area contributed by atoms with Gasteiger partial charge in [0.15, 0.2) is 11.5 Å². The number of methoxy groups -OCH3 is 1. The summed E-state index contributed by atoms with van der Waals surface area (Å²) in [5, 5.41) is 3.86. The number of nitrogens with one attached hydrogen (secondary N) is 1. The molecule has 0 saturated carbocycles. The molecule has 5 nitrogen and oxygen atoms in total. The molecule has 8 heteroatoms. The monoisotopic (exact) mass is 474 g/mol. The van der Waals surface area contributed by atoms with Gasteiger partial charge >= 0.3 is 0 Å². The van der Waals surface area contributed by atoms with Crippen molar-refractivity contribution in [2.75, 3.05) is 7.11 Å². The van der Waals surface area contributed by atoms with Crippen LogP contribution in [0, 0.1) is 11.6 Å². The van der Waals surface area contributed by atoms with Gasteiger partial charge in [0.25, 0.3) is 5.91 Å². The molecular formula is C22H17BrF2N2O3. The standard InChI is InChI=1S/C22H17BrF2N2O3/c1-29-20-11-15(12-26-27-22(28)17-4-2-3-5-19(17)25)10-18(23)21(20)30-13-14-6-8-16(24)9-7-14/h2-12H,13H2,1H3,(H,27,28). The molecule has 3 aromatic carbocycles. The number of amides is 1. The zero-order chi connectivity index (χ0) is 21.5. The van der Waals surface area contributed by atoms with Crippen LogP contribution in [0.4, 0.5) is 8.78 Å². The average molecular weight is 475 g/mol. The van der Waals surface area contributed by atoms with Gasteiger partial charge in [-0.3, -0.25) is 4.79 Å². The van der Waals surface area contributed by atoms with Crippen molar-refractivity contribution in [3.8, 4) is 11.5 Å². The number of hydrogen-bond acceptors (Lipinski definition) is 4. The third-order valence-corrected chi connectivity index (χ3v) is 4.64. The Morgan fingerprint density at radius 3 is 2.57 bits per heavy atom. The third-order valence-electron chi connectivity index (χ3n) is 4.05. The summed E-state index contributed by atoms with van der Waals surface area (Å²) in [7, 11) is 1.49. The molecule has 3 aromatic rings. The van der Waals surface area contributed by atoms with Crippen LogP contribution in [0.25, 0.3) is 0 Å². The van der Waals surface area contributed by atoms with E-state index in [2.05, 4.69) is 26.5 Å². The molecule has 0 aliphatic heterocycles. The maximum atomic E-state index is 13.6. The van der Waals surface area contributed by atoms with E-state index in [1.807, 2.05) is 0 Å². The van der Waals surface area contributed by atoms with Gasteiger partial charge in [-0.15, -0.1) is 0 Å². The Morgan fingerprint density at radius 2 is 1.87 bits per heavy atom. The van der Waals surface area contributed by atoms with E-state index >= 15 is 0 Å². The fraction of sp³-hybridized carbons (Fsp3) is 0.0909. The Hall–Kier alpha value is -3.26. The summed E-state index contributed by atoms with van der Waals surface area (Å²) in [4.78, 5) is 12.0. The SMILES string of the molecule is COc1cc(C=NNC(=O)c2ccccc2F)cc(Br)c1OCc1ccc(F)cc1. The highest BCUT2D eigenvalue weighted by atomic mass is 79.9. The molecule has 0 aliphatic rings. The quantitative estimate of drug-likeness (QED) is 0.383. The molecule has 0 bridgehead atoms. The normalized spacial score (nSPS) is 10.8. The van der Waals surface area contributed by atoms with E-state index in [0.717, 1.165) is 5.56 Å². The first-order valence-corrected chi connectivity index (χ1v) is 9.60.